The van der Waals surface area contributed by atoms with Crippen LogP contribution in [0.5, 0.6) is 0 Å². The number of fused-ring (bicyclic) bond motifs is 1. The summed E-state index contributed by atoms with van der Waals surface area (Å²) in [6.07, 6.45) is -0.635. The predicted octanol–water partition coefficient (Wildman–Crippen LogP) is 2.83. The summed E-state index contributed by atoms with van der Waals surface area (Å²) in [5, 5.41) is 13.8. The van der Waals surface area contributed by atoms with E-state index in [2.05, 4.69) is 24.1 Å². The minimum atomic E-state index is -0.635. The zero-order chi connectivity index (χ0) is 19.0. The van der Waals surface area contributed by atoms with Gasteiger partial charge in [0, 0.05) is 28.9 Å². The Bertz CT molecular complexity index is 821. The Kier molecular flexibility index (Phi) is 4.87. The van der Waals surface area contributed by atoms with Crippen molar-refractivity contribution in [3.05, 3.63) is 53.2 Å². The van der Waals surface area contributed by atoms with Crippen LogP contribution >= 0.6 is 0 Å². The second-order valence-electron chi connectivity index (χ2n) is 7.06. The van der Waals surface area contributed by atoms with Crippen LogP contribution < -0.4 is 16.0 Å². The first-order valence-electron chi connectivity index (χ1n) is 8.90. The molecule has 0 saturated carbocycles. The van der Waals surface area contributed by atoms with Crippen LogP contribution in [0, 0.1) is 12.8 Å². The highest BCUT2D eigenvalue weighted by Gasteiger charge is 2.38. The summed E-state index contributed by atoms with van der Waals surface area (Å²) in [6.45, 7) is 7.94. The van der Waals surface area contributed by atoms with E-state index in [9.17, 15) is 9.90 Å². The van der Waals surface area contributed by atoms with Crippen molar-refractivity contribution < 1.29 is 9.90 Å². The number of aliphatic hydroxyl groups is 1. The molecule has 0 saturated heterocycles. The van der Waals surface area contributed by atoms with E-state index >= 15 is 0 Å². The van der Waals surface area contributed by atoms with Crippen molar-refractivity contribution in [3.63, 3.8) is 0 Å². The number of pyridine rings is 1. The topological polar surface area (TPSA) is 91.5 Å². The molecule has 2 aromatic rings. The highest BCUT2D eigenvalue weighted by molar-refractivity contribution is 5.93. The average molecular weight is 354 g/mol. The lowest BCUT2D eigenvalue weighted by atomic mass is 9.82. The largest absolute Gasteiger partial charge is 0.374 e. The molecule has 1 aromatic heterocycles. The Morgan fingerprint density at radius 1 is 1.31 bits per heavy atom. The van der Waals surface area contributed by atoms with Crippen LogP contribution in [0.2, 0.25) is 0 Å². The fraction of sp³-hybridized carbons (Fsp3) is 0.400. The molecular weight excluding hydrogens is 328 g/mol. The van der Waals surface area contributed by atoms with Crippen LogP contribution in [0.15, 0.2) is 36.4 Å². The molecule has 26 heavy (non-hydrogen) atoms. The van der Waals surface area contributed by atoms with E-state index in [0.29, 0.717) is 5.56 Å². The quantitative estimate of drug-likeness (QED) is 0.785. The summed E-state index contributed by atoms with van der Waals surface area (Å²) in [5.41, 5.74) is 8.72. The summed E-state index contributed by atoms with van der Waals surface area (Å²) < 4.78 is 0. The number of hydrogen-bond donors (Lipinski definition) is 3. The molecular formula is C20H26N4O2. The van der Waals surface area contributed by atoms with E-state index in [0.717, 1.165) is 22.8 Å². The number of nitrogens with two attached hydrogens (primary N) is 1. The number of carbonyl (C=O) groups is 1. The Morgan fingerprint density at radius 3 is 2.65 bits per heavy atom. The molecule has 6 heteroatoms. The summed E-state index contributed by atoms with van der Waals surface area (Å²) in [6, 6.07) is 11.3. The van der Waals surface area contributed by atoms with Gasteiger partial charge < -0.3 is 21.1 Å². The van der Waals surface area contributed by atoms with Crippen LogP contribution in [0.1, 0.15) is 48.4 Å². The number of amides is 1. The molecule has 0 fully saturated rings. The van der Waals surface area contributed by atoms with E-state index in [1.54, 1.807) is 13.0 Å². The highest BCUT2D eigenvalue weighted by atomic mass is 16.3. The zero-order valence-electron chi connectivity index (χ0n) is 15.6. The number of rotatable bonds is 4. The summed E-state index contributed by atoms with van der Waals surface area (Å²) >= 11 is 0. The first-order valence-corrected chi connectivity index (χ1v) is 8.90. The molecule has 0 aliphatic carbocycles. The van der Waals surface area contributed by atoms with E-state index in [1.807, 2.05) is 42.2 Å². The van der Waals surface area contributed by atoms with Gasteiger partial charge in [0.05, 0.1) is 6.04 Å². The van der Waals surface area contributed by atoms with Gasteiger partial charge in [0.15, 0.2) is 0 Å². The van der Waals surface area contributed by atoms with Crippen LogP contribution in [0.3, 0.4) is 0 Å². The molecule has 1 aromatic carbocycles. The number of aryl methyl sites for hydroxylation is 1. The van der Waals surface area contributed by atoms with Crippen LogP contribution in [0.4, 0.5) is 11.5 Å². The van der Waals surface area contributed by atoms with Crippen LogP contribution in [0.25, 0.3) is 0 Å². The van der Waals surface area contributed by atoms with Gasteiger partial charge in [0.1, 0.15) is 12.0 Å². The maximum absolute atomic E-state index is 11.7. The first-order chi connectivity index (χ1) is 12.3. The zero-order valence-corrected chi connectivity index (χ0v) is 15.6. The number of benzene rings is 1. The average Bonchev–Trinajstić information content (AvgIpc) is 2.58. The lowest BCUT2D eigenvalue weighted by Crippen LogP contribution is -2.50. The maximum atomic E-state index is 11.7. The van der Waals surface area contributed by atoms with Gasteiger partial charge in [-0.15, -0.1) is 0 Å². The molecule has 6 nitrogen and oxygen atoms in total. The van der Waals surface area contributed by atoms with Gasteiger partial charge in [-0.2, -0.15) is 0 Å². The van der Waals surface area contributed by atoms with Gasteiger partial charge in [0.25, 0.3) is 0 Å². The molecule has 0 spiro atoms. The highest BCUT2D eigenvalue weighted by Crippen LogP contribution is 2.43. The molecule has 4 N–H and O–H groups in total. The van der Waals surface area contributed by atoms with Crippen LogP contribution in [-0.2, 0) is 0 Å². The molecule has 1 aliphatic heterocycles. The SMILES string of the molecule is Cc1cccc(N[C@H]2c3cc(C(N)=O)ccc3N(C(C)O)[C@@H](C)[C@@H]2C)n1. The molecule has 1 amide bonds. The molecule has 2 heterocycles. The molecule has 4 atom stereocenters. The molecule has 0 bridgehead atoms. The van der Waals surface area contributed by atoms with Crippen molar-refractivity contribution in [1.29, 1.82) is 0 Å². The Morgan fingerprint density at radius 2 is 2.04 bits per heavy atom. The van der Waals surface area contributed by atoms with E-state index in [4.69, 9.17) is 5.73 Å². The summed E-state index contributed by atoms with van der Waals surface area (Å²) in [4.78, 5) is 18.2. The molecule has 138 valence electrons. The molecule has 1 unspecified atom stereocenters. The second-order valence-corrected chi connectivity index (χ2v) is 7.06. The van der Waals surface area contributed by atoms with Crippen molar-refractivity contribution in [2.45, 2.75) is 46.0 Å². The Labute approximate surface area is 154 Å². The van der Waals surface area contributed by atoms with E-state index in [1.165, 1.54) is 0 Å². The minimum Gasteiger partial charge on any atom is -0.374 e. The summed E-state index contributed by atoms with van der Waals surface area (Å²) in [5.74, 6) is 0.493. The number of hydrogen-bond acceptors (Lipinski definition) is 5. The Hall–Kier alpha value is -2.60. The van der Waals surface area contributed by atoms with Gasteiger partial charge in [-0.05, 0) is 56.7 Å². The lowest BCUT2D eigenvalue weighted by Gasteiger charge is -2.46. The third kappa shape index (κ3) is 3.24. The Balaban J connectivity index is 2.10. The van der Waals surface area contributed by atoms with E-state index in [-0.39, 0.29) is 18.0 Å². The van der Waals surface area contributed by atoms with Gasteiger partial charge in [-0.25, -0.2) is 4.98 Å². The number of primary amides is 1. The number of carbonyl (C=O) groups excluding carboxylic acids is 1. The number of nitrogens with one attached hydrogen (secondary N) is 1. The predicted molar refractivity (Wildman–Crippen MR) is 103 cm³/mol. The molecule has 3 rings (SSSR count). The van der Waals surface area contributed by atoms with Crippen molar-refractivity contribution in [1.82, 2.24) is 4.98 Å². The van der Waals surface area contributed by atoms with Gasteiger partial charge in [-0.3, -0.25) is 4.79 Å². The fourth-order valence-corrected chi connectivity index (χ4v) is 3.76. The lowest BCUT2D eigenvalue weighted by molar-refractivity contribution is 0.1000. The third-order valence-electron chi connectivity index (χ3n) is 5.25. The number of nitrogens with zero attached hydrogens (tertiary/aromatic N) is 2. The summed E-state index contributed by atoms with van der Waals surface area (Å²) in [7, 11) is 0. The third-order valence-corrected chi connectivity index (χ3v) is 5.25. The van der Waals surface area contributed by atoms with Crippen molar-refractivity contribution >= 4 is 17.4 Å². The van der Waals surface area contributed by atoms with Gasteiger partial charge >= 0.3 is 0 Å². The van der Waals surface area contributed by atoms with Crippen molar-refractivity contribution in [2.75, 3.05) is 10.2 Å². The smallest absolute Gasteiger partial charge is 0.248 e. The first kappa shape index (κ1) is 18.2. The maximum Gasteiger partial charge on any atom is 0.248 e. The van der Waals surface area contributed by atoms with Gasteiger partial charge in [0.2, 0.25) is 5.91 Å². The van der Waals surface area contributed by atoms with Crippen molar-refractivity contribution in [2.24, 2.45) is 11.7 Å². The van der Waals surface area contributed by atoms with Crippen LogP contribution in [-0.4, -0.2) is 28.3 Å². The number of aliphatic hydroxyl groups excluding tert-OH is 1. The van der Waals surface area contributed by atoms with Gasteiger partial charge in [-0.1, -0.05) is 13.0 Å². The molecule has 0 radical (unpaired) electrons. The normalized spacial score (nSPS) is 23.3. The standard InChI is InChI=1S/C20H26N4O2/c1-11-6-5-7-18(22-11)23-19-12(2)13(3)24(14(4)25)17-9-8-15(20(21)26)10-16(17)19/h5-10,12-14,19,25H,1-4H3,(H2,21,26)(H,22,23)/t12-,13-,14?,19+/m0/s1. The fourth-order valence-electron chi connectivity index (χ4n) is 3.76. The second kappa shape index (κ2) is 6.96. The molecule has 1 aliphatic rings. The number of anilines is 2. The number of aromatic nitrogens is 1. The monoisotopic (exact) mass is 354 g/mol. The van der Waals surface area contributed by atoms with E-state index < -0.39 is 12.1 Å². The van der Waals surface area contributed by atoms with Crippen molar-refractivity contribution in [3.8, 4) is 0 Å². The minimum absolute atomic E-state index is 0.0522.